The summed E-state index contributed by atoms with van der Waals surface area (Å²) in [6.45, 7) is 5.14. The molecular formula is C17H30O2. The van der Waals surface area contributed by atoms with Crippen molar-refractivity contribution in [1.29, 1.82) is 0 Å². The van der Waals surface area contributed by atoms with Gasteiger partial charge in [-0.25, -0.2) is 0 Å². The lowest BCUT2D eigenvalue weighted by molar-refractivity contribution is -0.120. The van der Waals surface area contributed by atoms with Crippen LogP contribution in [-0.4, -0.2) is 18.5 Å². The molecule has 2 saturated carbocycles. The molecule has 2 aliphatic rings. The van der Waals surface area contributed by atoms with Crippen LogP contribution in [0.4, 0.5) is 0 Å². The molecule has 0 saturated heterocycles. The summed E-state index contributed by atoms with van der Waals surface area (Å²) in [7, 11) is 0. The van der Waals surface area contributed by atoms with Gasteiger partial charge in [-0.1, -0.05) is 26.2 Å². The lowest BCUT2D eigenvalue weighted by atomic mass is 9.88. The Hall–Kier alpha value is -0.370. The number of hydrogen-bond donors (Lipinski definition) is 0. The fourth-order valence-electron chi connectivity index (χ4n) is 4.26. The van der Waals surface area contributed by atoms with Gasteiger partial charge in [-0.05, 0) is 50.9 Å². The molecule has 0 aliphatic heterocycles. The van der Waals surface area contributed by atoms with Crippen molar-refractivity contribution < 1.29 is 9.53 Å². The molecule has 0 aromatic carbocycles. The van der Waals surface area contributed by atoms with Crippen LogP contribution >= 0.6 is 0 Å². The highest BCUT2D eigenvalue weighted by Crippen LogP contribution is 2.47. The number of ketones is 1. The number of fused-ring (bicyclic) bond motifs is 1. The molecule has 0 radical (unpaired) electrons. The van der Waals surface area contributed by atoms with Gasteiger partial charge >= 0.3 is 0 Å². The second kappa shape index (κ2) is 7.42. The van der Waals surface area contributed by atoms with Crippen molar-refractivity contribution in [2.75, 3.05) is 6.61 Å². The highest BCUT2D eigenvalue weighted by Gasteiger charge is 2.43. The molecular weight excluding hydrogens is 236 g/mol. The maximum Gasteiger partial charge on any atom is 0.136 e. The normalized spacial score (nSPS) is 31.7. The lowest BCUT2D eigenvalue weighted by Crippen LogP contribution is -2.13. The number of ether oxygens (including phenoxy) is 1. The number of Topliss-reactive ketones (excluding diaryl/α,β-unsaturated/α-hetero) is 1. The van der Waals surface area contributed by atoms with E-state index in [0.717, 1.165) is 31.3 Å². The number of rotatable bonds is 8. The molecule has 0 aromatic rings. The van der Waals surface area contributed by atoms with Gasteiger partial charge in [0.15, 0.2) is 0 Å². The third-order valence-electron chi connectivity index (χ3n) is 5.32. The highest BCUT2D eigenvalue weighted by atomic mass is 16.5. The second-order valence-corrected chi connectivity index (χ2v) is 6.38. The monoisotopic (exact) mass is 266 g/mol. The van der Waals surface area contributed by atoms with Crippen LogP contribution in [0.25, 0.3) is 0 Å². The topological polar surface area (TPSA) is 26.3 Å². The number of unbranched alkanes of at least 4 members (excludes halogenated alkanes) is 1. The molecule has 0 heterocycles. The van der Waals surface area contributed by atoms with E-state index in [0.29, 0.717) is 17.8 Å². The van der Waals surface area contributed by atoms with Crippen molar-refractivity contribution in [3.05, 3.63) is 0 Å². The van der Waals surface area contributed by atoms with Gasteiger partial charge in [0.1, 0.15) is 5.78 Å². The summed E-state index contributed by atoms with van der Waals surface area (Å²) in [5, 5.41) is 0. The first-order valence-electron chi connectivity index (χ1n) is 8.40. The fraction of sp³-hybridized carbons (Fsp3) is 0.941. The van der Waals surface area contributed by atoms with Crippen molar-refractivity contribution in [3.8, 4) is 0 Å². The van der Waals surface area contributed by atoms with E-state index in [4.69, 9.17) is 4.74 Å². The van der Waals surface area contributed by atoms with Gasteiger partial charge < -0.3 is 4.74 Å². The molecule has 0 amide bonds. The number of carbonyl (C=O) groups excluding carboxylic acids is 1. The van der Waals surface area contributed by atoms with Crippen LogP contribution in [0.15, 0.2) is 0 Å². The molecule has 19 heavy (non-hydrogen) atoms. The molecule has 2 rings (SSSR count). The van der Waals surface area contributed by atoms with Crippen LogP contribution < -0.4 is 0 Å². The summed E-state index contributed by atoms with van der Waals surface area (Å²) < 4.78 is 5.70. The Morgan fingerprint density at radius 2 is 2.05 bits per heavy atom. The summed E-state index contributed by atoms with van der Waals surface area (Å²) >= 11 is 0. The fourth-order valence-corrected chi connectivity index (χ4v) is 4.26. The van der Waals surface area contributed by atoms with Crippen molar-refractivity contribution in [3.63, 3.8) is 0 Å². The second-order valence-electron chi connectivity index (χ2n) is 6.38. The van der Waals surface area contributed by atoms with E-state index in [1.807, 2.05) is 0 Å². The van der Waals surface area contributed by atoms with Crippen LogP contribution in [0.3, 0.4) is 0 Å². The van der Waals surface area contributed by atoms with E-state index >= 15 is 0 Å². The summed E-state index contributed by atoms with van der Waals surface area (Å²) in [4.78, 5) is 11.7. The standard InChI is InChI=1S/C17H30O2/c1-3-14(19-4-2)8-6-5-7-13-9-10-16-15(13)11-12-17(16)18/h13-16H,3-12H2,1-2H3. The van der Waals surface area contributed by atoms with Gasteiger partial charge in [0.2, 0.25) is 0 Å². The molecule has 2 aliphatic carbocycles. The Labute approximate surface area is 118 Å². The number of hydrogen-bond acceptors (Lipinski definition) is 2. The Balaban J connectivity index is 1.62. The lowest BCUT2D eigenvalue weighted by Gasteiger charge is -2.19. The van der Waals surface area contributed by atoms with E-state index in [1.165, 1.54) is 44.9 Å². The van der Waals surface area contributed by atoms with Crippen LogP contribution in [0.2, 0.25) is 0 Å². The van der Waals surface area contributed by atoms with Crippen LogP contribution in [0.5, 0.6) is 0 Å². The Kier molecular flexibility index (Phi) is 5.87. The maximum atomic E-state index is 11.7. The van der Waals surface area contributed by atoms with Gasteiger partial charge in [0, 0.05) is 18.9 Å². The van der Waals surface area contributed by atoms with Crippen molar-refractivity contribution >= 4 is 5.78 Å². The Bertz CT molecular complexity index is 287. The molecule has 110 valence electrons. The zero-order chi connectivity index (χ0) is 13.7. The molecule has 4 unspecified atom stereocenters. The minimum Gasteiger partial charge on any atom is -0.379 e. The molecule has 4 atom stereocenters. The summed E-state index contributed by atoms with van der Waals surface area (Å²) in [6, 6.07) is 0. The number of carbonyl (C=O) groups is 1. The zero-order valence-corrected chi connectivity index (χ0v) is 12.7. The zero-order valence-electron chi connectivity index (χ0n) is 12.7. The van der Waals surface area contributed by atoms with Crippen molar-refractivity contribution in [2.24, 2.45) is 17.8 Å². The third kappa shape index (κ3) is 3.81. The van der Waals surface area contributed by atoms with Crippen LogP contribution in [0, 0.1) is 17.8 Å². The van der Waals surface area contributed by atoms with E-state index in [2.05, 4.69) is 13.8 Å². The van der Waals surface area contributed by atoms with Gasteiger partial charge in [0.25, 0.3) is 0 Å². The Morgan fingerprint density at radius 3 is 2.79 bits per heavy atom. The molecule has 2 heteroatoms. The summed E-state index contributed by atoms with van der Waals surface area (Å²) in [5.74, 6) is 2.62. The van der Waals surface area contributed by atoms with Gasteiger partial charge in [-0.2, -0.15) is 0 Å². The molecule has 0 spiro atoms. The first-order chi connectivity index (χ1) is 9.26. The van der Waals surface area contributed by atoms with E-state index in [1.54, 1.807) is 0 Å². The SMILES string of the molecule is CCOC(CC)CCCCC1CCC2C(=O)CCC12. The van der Waals surface area contributed by atoms with Crippen LogP contribution in [-0.2, 0) is 9.53 Å². The molecule has 0 N–H and O–H groups in total. The third-order valence-corrected chi connectivity index (χ3v) is 5.32. The van der Waals surface area contributed by atoms with E-state index in [9.17, 15) is 4.79 Å². The van der Waals surface area contributed by atoms with Crippen molar-refractivity contribution in [1.82, 2.24) is 0 Å². The Morgan fingerprint density at radius 1 is 1.21 bits per heavy atom. The summed E-state index contributed by atoms with van der Waals surface area (Å²) in [5.41, 5.74) is 0. The quantitative estimate of drug-likeness (QED) is 0.610. The highest BCUT2D eigenvalue weighted by molar-refractivity contribution is 5.83. The summed E-state index contributed by atoms with van der Waals surface area (Å²) in [6.07, 6.45) is 11.3. The van der Waals surface area contributed by atoms with Gasteiger partial charge in [0.05, 0.1) is 6.10 Å². The largest absolute Gasteiger partial charge is 0.379 e. The minimum atomic E-state index is 0.455. The molecule has 2 fully saturated rings. The average molecular weight is 266 g/mol. The molecule has 2 nitrogen and oxygen atoms in total. The predicted molar refractivity (Wildman–Crippen MR) is 78.1 cm³/mol. The average Bonchev–Trinajstić information content (AvgIpc) is 2.97. The molecule has 0 aromatic heterocycles. The smallest absolute Gasteiger partial charge is 0.136 e. The van der Waals surface area contributed by atoms with Gasteiger partial charge in [-0.3, -0.25) is 4.79 Å². The van der Waals surface area contributed by atoms with Gasteiger partial charge in [-0.15, -0.1) is 0 Å². The van der Waals surface area contributed by atoms with E-state index in [-0.39, 0.29) is 0 Å². The maximum absolute atomic E-state index is 11.7. The first-order valence-corrected chi connectivity index (χ1v) is 8.40. The predicted octanol–water partition coefficient (Wildman–Crippen LogP) is 4.37. The van der Waals surface area contributed by atoms with E-state index < -0.39 is 0 Å². The minimum absolute atomic E-state index is 0.455. The first kappa shape index (κ1) is 15.0. The molecule has 0 bridgehead atoms. The van der Waals surface area contributed by atoms with Crippen molar-refractivity contribution in [2.45, 2.75) is 77.7 Å². The van der Waals surface area contributed by atoms with Crippen LogP contribution in [0.1, 0.15) is 71.6 Å².